The monoisotopic (exact) mass is 316 g/mol. The molecular formula is C17H20N2S2. The van der Waals surface area contributed by atoms with Gasteiger partial charge < -0.3 is 11.1 Å². The second-order valence-electron chi connectivity index (χ2n) is 4.83. The normalized spacial score (nSPS) is 10.4. The van der Waals surface area contributed by atoms with Crippen LogP contribution in [0.15, 0.2) is 41.3 Å². The van der Waals surface area contributed by atoms with Crippen LogP contribution in [0.3, 0.4) is 0 Å². The van der Waals surface area contributed by atoms with Gasteiger partial charge in [-0.25, -0.2) is 0 Å². The van der Waals surface area contributed by atoms with Crippen LogP contribution in [0.25, 0.3) is 0 Å². The van der Waals surface area contributed by atoms with Gasteiger partial charge in [-0.05, 0) is 42.9 Å². The molecule has 0 aliphatic carbocycles. The molecule has 0 fully saturated rings. The number of rotatable bonds is 5. The molecular weight excluding hydrogens is 296 g/mol. The summed E-state index contributed by atoms with van der Waals surface area (Å²) in [6.45, 7) is 4.27. The lowest BCUT2D eigenvalue weighted by Gasteiger charge is -2.18. The first kappa shape index (κ1) is 15.9. The van der Waals surface area contributed by atoms with Crippen molar-refractivity contribution in [1.29, 1.82) is 0 Å². The Morgan fingerprint density at radius 1 is 1.24 bits per heavy atom. The summed E-state index contributed by atoms with van der Waals surface area (Å²) in [5.74, 6) is 0. The molecule has 0 saturated carbocycles. The largest absolute Gasteiger partial charge is 0.389 e. The van der Waals surface area contributed by atoms with Crippen molar-refractivity contribution in [2.45, 2.75) is 25.2 Å². The second-order valence-corrected chi connectivity index (χ2v) is 6.12. The van der Waals surface area contributed by atoms with E-state index in [0.717, 1.165) is 28.3 Å². The van der Waals surface area contributed by atoms with Crippen molar-refractivity contribution in [3.8, 4) is 0 Å². The minimum absolute atomic E-state index is 0.425. The third kappa shape index (κ3) is 3.39. The number of thioether (sulfide) groups is 1. The van der Waals surface area contributed by atoms with Crippen LogP contribution in [0.2, 0.25) is 0 Å². The second kappa shape index (κ2) is 6.96. The molecule has 0 aliphatic rings. The summed E-state index contributed by atoms with van der Waals surface area (Å²) in [4.78, 5) is 1.52. The maximum absolute atomic E-state index is 5.93. The molecule has 2 rings (SSSR count). The lowest BCUT2D eigenvalue weighted by molar-refractivity contribution is 1.13. The summed E-state index contributed by atoms with van der Waals surface area (Å²) >= 11 is 6.89. The van der Waals surface area contributed by atoms with Crippen LogP contribution in [0.4, 0.5) is 11.4 Å². The molecule has 0 amide bonds. The Morgan fingerprint density at radius 3 is 2.57 bits per heavy atom. The van der Waals surface area contributed by atoms with E-state index in [1.54, 1.807) is 11.8 Å². The van der Waals surface area contributed by atoms with E-state index in [0.29, 0.717) is 4.99 Å². The van der Waals surface area contributed by atoms with Crippen LogP contribution in [0.1, 0.15) is 23.6 Å². The number of hydrogen-bond donors (Lipinski definition) is 2. The fourth-order valence-electron chi connectivity index (χ4n) is 2.40. The number of anilines is 2. The first-order chi connectivity index (χ1) is 10.1. The molecule has 0 saturated heterocycles. The molecule has 2 aromatic carbocycles. The smallest absolute Gasteiger partial charge is 0.107 e. The van der Waals surface area contributed by atoms with Crippen LogP contribution in [0, 0.1) is 6.92 Å². The van der Waals surface area contributed by atoms with Crippen LogP contribution in [0.5, 0.6) is 0 Å². The molecule has 0 aliphatic heterocycles. The van der Waals surface area contributed by atoms with E-state index in [1.807, 2.05) is 24.5 Å². The molecule has 21 heavy (non-hydrogen) atoms. The highest BCUT2D eigenvalue weighted by Gasteiger charge is 2.12. The molecule has 2 nitrogen and oxygen atoms in total. The van der Waals surface area contributed by atoms with E-state index in [9.17, 15) is 0 Å². The minimum Gasteiger partial charge on any atom is -0.389 e. The van der Waals surface area contributed by atoms with E-state index in [4.69, 9.17) is 18.0 Å². The Hall–Kier alpha value is -1.52. The Bertz CT molecular complexity index is 666. The van der Waals surface area contributed by atoms with Crippen LogP contribution in [-0.2, 0) is 6.42 Å². The van der Waals surface area contributed by atoms with Crippen molar-refractivity contribution in [3.05, 3.63) is 53.1 Å². The van der Waals surface area contributed by atoms with Crippen LogP contribution in [-0.4, -0.2) is 11.2 Å². The summed E-state index contributed by atoms with van der Waals surface area (Å²) in [7, 11) is 0. The maximum atomic E-state index is 5.93. The van der Waals surface area contributed by atoms with Gasteiger partial charge in [0.2, 0.25) is 0 Å². The zero-order valence-corrected chi connectivity index (χ0v) is 14.2. The topological polar surface area (TPSA) is 38.0 Å². The van der Waals surface area contributed by atoms with Crippen LogP contribution < -0.4 is 11.1 Å². The van der Waals surface area contributed by atoms with Crippen molar-refractivity contribution in [3.63, 3.8) is 0 Å². The average Bonchev–Trinajstić information content (AvgIpc) is 2.48. The predicted octanol–water partition coefficient (Wildman–Crippen LogP) is 4.66. The van der Waals surface area contributed by atoms with Gasteiger partial charge in [0, 0.05) is 21.8 Å². The molecule has 2 aromatic rings. The molecule has 0 aromatic heterocycles. The van der Waals surface area contributed by atoms with Gasteiger partial charge in [0.25, 0.3) is 0 Å². The first-order valence-electron chi connectivity index (χ1n) is 6.90. The lowest BCUT2D eigenvalue weighted by atomic mass is 10.0. The molecule has 0 heterocycles. The summed E-state index contributed by atoms with van der Waals surface area (Å²) in [5, 5.41) is 3.54. The molecule has 0 radical (unpaired) electrons. The SMILES string of the molecule is CCc1cccc(C)c1Nc1cccc(SC)c1C(N)=S. The zero-order chi connectivity index (χ0) is 15.4. The highest BCUT2D eigenvalue weighted by atomic mass is 32.2. The van der Waals surface area contributed by atoms with E-state index in [-0.39, 0.29) is 0 Å². The Morgan fingerprint density at radius 2 is 1.95 bits per heavy atom. The van der Waals surface area contributed by atoms with E-state index in [2.05, 4.69) is 37.4 Å². The van der Waals surface area contributed by atoms with Gasteiger partial charge in [0.05, 0.1) is 0 Å². The summed E-state index contributed by atoms with van der Waals surface area (Å²) in [6, 6.07) is 12.4. The number of benzene rings is 2. The summed E-state index contributed by atoms with van der Waals surface area (Å²) in [6.07, 6.45) is 3.01. The third-order valence-electron chi connectivity index (χ3n) is 3.49. The third-order valence-corrected chi connectivity index (χ3v) is 4.48. The van der Waals surface area contributed by atoms with Crippen molar-refractivity contribution < 1.29 is 0 Å². The highest BCUT2D eigenvalue weighted by Crippen LogP contribution is 2.31. The first-order valence-corrected chi connectivity index (χ1v) is 8.54. The standard InChI is InChI=1S/C17H20N2S2/c1-4-12-8-5-7-11(2)16(12)19-13-9-6-10-14(21-3)15(13)17(18)20/h5-10,19H,4H2,1-3H3,(H2,18,20). The van der Waals surface area contributed by atoms with Gasteiger partial charge in [0.1, 0.15) is 4.99 Å². The average molecular weight is 316 g/mol. The maximum Gasteiger partial charge on any atom is 0.107 e. The molecule has 4 heteroatoms. The van der Waals surface area contributed by atoms with Gasteiger partial charge in [-0.3, -0.25) is 0 Å². The number of hydrogen-bond acceptors (Lipinski definition) is 3. The summed E-state index contributed by atoms with van der Waals surface area (Å²) < 4.78 is 0. The number of nitrogens with two attached hydrogens (primary N) is 1. The van der Waals surface area contributed by atoms with Gasteiger partial charge in [-0.1, -0.05) is 43.4 Å². The molecule has 0 unspecified atom stereocenters. The Balaban J connectivity index is 2.52. The van der Waals surface area contributed by atoms with Crippen molar-refractivity contribution in [1.82, 2.24) is 0 Å². The lowest BCUT2D eigenvalue weighted by Crippen LogP contribution is -2.14. The predicted molar refractivity (Wildman–Crippen MR) is 98.0 cm³/mol. The molecule has 0 bridgehead atoms. The van der Waals surface area contributed by atoms with E-state index >= 15 is 0 Å². The molecule has 3 N–H and O–H groups in total. The molecule has 0 atom stereocenters. The fourth-order valence-corrected chi connectivity index (χ4v) is 3.32. The Labute approximate surface area is 136 Å². The van der Waals surface area contributed by atoms with Gasteiger partial charge >= 0.3 is 0 Å². The molecule has 110 valence electrons. The van der Waals surface area contributed by atoms with E-state index in [1.165, 1.54) is 11.1 Å². The van der Waals surface area contributed by atoms with Gasteiger partial charge in [-0.2, -0.15) is 0 Å². The van der Waals surface area contributed by atoms with Crippen molar-refractivity contribution >= 4 is 40.3 Å². The fraction of sp³-hybridized carbons (Fsp3) is 0.235. The highest BCUT2D eigenvalue weighted by molar-refractivity contribution is 7.98. The minimum atomic E-state index is 0.425. The van der Waals surface area contributed by atoms with Gasteiger partial charge in [0.15, 0.2) is 0 Å². The molecule has 0 spiro atoms. The zero-order valence-electron chi connectivity index (χ0n) is 12.6. The van der Waals surface area contributed by atoms with Crippen molar-refractivity contribution in [2.24, 2.45) is 5.73 Å². The number of aryl methyl sites for hydroxylation is 2. The van der Waals surface area contributed by atoms with Crippen LogP contribution >= 0.6 is 24.0 Å². The Kier molecular flexibility index (Phi) is 5.26. The van der Waals surface area contributed by atoms with E-state index < -0.39 is 0 Å². The number of para-hydroxylation sites is 1. The number of thiocarbonyl (C=S) groups is 1. The summed E-state index contributed by atoms with van der Waals surface area (Å²) in [5.41, 5.74) is 11.5. The number of nitrogens with one attached hydrogen (secondary N) is 1. The quantitative estimate of drug-likeness (QED) is 0.621. The van der Waals surface area contributed by atoms with Crippen molar-refractivity contribution in [2.75, 3.05) is 11.6 Å². The van der Waals surface area contributed by atoms with Gasteiger partial charge in [-0.15, -0.1) is 11.8 Å².